The fourth-order valence-corrected chi connectivity index (χ4v) is 3.38. The Morgan fingerprint density at radius 3 is 2.89 bits per heavy atom. The van der Waals surface area contributed by atoms with Crippen molar-refractivity contribution in [2.45, 2.75) is 19.3 Å². The van der Waals surface area contributed by atoms with Gasteiger partial charge in [-0.2, -0.15) is 17.0 Å². The molecule has 1 saturated heterocycles. The molecule has 1 heterocycles. The highest BCUT2D eigenvalue weighted by Crippen LogP contribution is 2.26. The number of benzene rings is 1. The molecule has 1 aliphatic heterocycles. The smallest absolute Gasteiger partial charge is 0.224 e. The lowest BCUT2D eigenvalue weighted by molar-refractivity contribution is -0.117. The van der Waals surface area contributed by atoms with E-state index in [0.29, 0.717) is 29.3 Å². The number of nitrogens with zero attached hydrogens (tertiary/aromatic N) is 1. The average molecular weight is 275 g/mol. The van der Waals surface area contributed by atoms with E-state index in [0.717, 1.165) is 24.3 Å². The summed E-state index contributed by atoms with van der Waals surface area (Å²) in [4.78, 5) is 12.0. The zero-order valence-electron chi connectivity index (χ0n) is 10.7. The summed E-state index contributed by atoms with van der Waals surface area (Å²) in [6.45, 7) is 0. The highest BCUT2D eigenvalue weighted by Gasteiger charge is 2.17. The lowest BCUT2D eigenvalue weighted by Gasteiger charge is -2.20. The SMILES string of the molecule is N#Cc1cc(N)ccc1NC(=O)CC1CCSCC1. The average Bonchev–Trinajstić information content (AvgIpc) is 2.42. The number of nitrogen functional groups attached to an aromatic ring is 1. The number of carbonyl (C=O) groups excluding carboxylic acids is 1. The molecule has 1 amide bonds. The van der Waals surface area contributed by atoms with Crippen molar-refractivity contribution < 1.29 is 4.79 Å². The minimum atomic E-state index is -0.0156. The van der Waals surface area contributed by atoms with Gasteiger partial charge in [0.25, 0.3) is 0 Å². The van der Waals surface area contributed by atoms with Crippen LogP contribution in [-0.2, 0) is 4.79 Å². The molecule has 4 nitrogen and oxygen atoms in total. The number of anilines is 2. The normalized spacial score (nSPS) is 15.7. The largest absolute Gasteiger partial charge is 0.399 e. The summed E-state index contributed by atoms with van der Waals surface area (Å²) in [5.41, 5.74) is 7.10. The van der Waals surface area contributed by atoms with Crippen LogP contribution in [0.5, 0.6) is 0 Å². The Bertz CT molecular complexity index is 504. The predicted molar refractivity (Wildman–Crippen MR) is 78.9 cm³/mol. The number of carbonyl (C=O) groups is 1. The minimum absolute atomic E-state index is 0.0156. The molecule has 0 atom stereocenters. The number of nitrogens with two attached hydrogens (primary N) is 1. The molecule has 1 aromatic carbocycles. The number of amides is 1. The molecule has 0 aliphatic carbocycles. The first kappa shape index (κ1) is 13.8. The van der Waals surface area contributed by atoms with Crippen LogP contribution in [0.1, 0.15) is 24.8 Å². The van der Waals surface area contributed by atoms with Gasteiger partial charge in [-0.3, -0.25) is 4.79 Å². The molecule has 1 fully saturated rings. The third kappa shape index (κ3) is 3.90. The van der Waals surface area contributed by atoms with Gasteiger partial charge in [0.15, 0.2) is 0 Å². The molecule has 5 heteroatoms. The number of nitriles is 1. The predicted octanol–water partition coefficient (Wildman–Crippen LogP) is 2.61. The molecule has 1 aliphatic rings. The van der Waals surface area contributed by atoms with Gasteiger partial charge >= 0.3 is 0 Å². The first-order chi connectivity index (χ1) is 9.19. The fraction of sp³-hybridized carbons (Fsp3) is 0.429. The highest BCUT2D eigenvalue weighted by molar-refractivity contribution is 7.99. The standard InChI is InChI=1S/C14H17N3OS/c15-9-11-8-12(16)1-2-13(11)17-14(18)7-10-3-5-19-6-4-10/h1-2,8,10H,3-7,16H2,(H,17,18). The van der Waals surface area contributed by atoms with Gasteiger partial charge in [0.2, 0.25) is 5.91 Å². The van der Waals surface area contributed by atoms with E-state index in [-0.39, 0.29) is 5.91 Å². The fourth-order valence-electron chi connectivity index (χ4n) is 2.18. The molecule has 2 rings (SSSR count). The van der Waals surface area contributed by atoms with Gasteiger partial charge in [-0.05, 0) is 48.5 Å². The van der Waals surface area contributed by atoms with E-state index in [2.05, 4.69) is 5.32 Å². The monoisotopic (exact) mass is 275 g/mol. The lowest BCUT2D eigenvalue weighted by Crippen LogP contribution is -2.20. The van der Waals surface area contributed by atoms with Gasteiger partial charge in [-0.25, -0.2) is 0 Å². The van der Waals surface area contributed by atoms with Crippen molar-refractivity contribution >= 4 is 29.0 Å². The molecule has 0 aromatic heterocycles. The molecule has 0 unspecified atom stereocenters. The maximum atomic E-state index is 12.0. The van der Waals surface area contributed by atoms with E-state index in [1.165, 1.54) is 0 Å². The van der Waals surface area contributed by atoms with E-state index < -0.39 is 0 Å². The summed E-state index contributed by atoms with van der Waals surface area (Å²) < 4.78 is 0. The zero-order chi connectivity index (χ0) is 13.7. The highest BCUT2D eigenvalue weighted by atomic mass is 32.2. The topological polar surface area (TPSA) is 78.9 Å². The molecule has 1 aromatic rings. The number of rotatable bonds is 3. The number of thioether (sulfide) groups is 1. The lowest BCUT2D eigenvalue weighted by atomic mass is 9.98. The third-order valence-corrected chi connectivity index (χ3v) is 4.30. The summed E-state index contributed by atoms with van der Waals surface area (Å²) in [6.07, 6.45) is 2.74. The van der Waals surface area contributed by atoms with Gasteiger partial charge in [0, 0.05) is 12.1 Å². The Morgan fingerprint density at radius 2 is 2.21 bits per heavy atom. The van der Waals surface area contributed by atoms with Gasteiger partial charge in [0.05, 0.1) is 11.3 Å². The Morgan fingerprint density at radius 1 is 1.47 bits per heavy atom. The molecular weight excluding hydrogens is 258 g/mol. The van der Waals surface area contributed by atoms with Crippen molar-refractivity contribution in [3.8, 4) is 6.07 Å². The quantitative estimate of drug-likeness (QED) is 0.831. The Hall–Kier alpha value is -1.67. The van der Waals surface area contributed by atoms with E-state index in [9.17, 15) is 4.79 Å². The Kier molecular flexibility index (Phi) is 4.69. The van der Waals surface area contributed by atoms with Crippen molar-refractivity contribution in [3.63, 3.8) is 0 Å². The zero-order valence-corrected chi connectivity index (χ0v) is 11.5. The van der Waals surface area contributed by atoms with Crippen LogP contribution >= 0.6 is 11.8 Å². The van der Waals surface area contributed by atoms with Crippen molar-refractivity contribution in [2.24, 2.45) is 5.92 Å². The summed E-state index contributed by atoms with van der Waals surface area (Å²) in [5.74, 6) is 2.74. The van der Waals surface area contributed by atoms with Crippen LogP contribution in [0.2, 0.25) is 0 Å². The van der Waals surface area contributed by atoms with Crippen LogP contribution in [0.4, 0.5) is 11.4 Å². The van der Waals surface area contributed by atoms with Gasteiger partial charge in [0.1, 0.15) is 6.07 Å². The third-order valence-electron chi connectivity index (χ3n) is 3.25. The van der Waals surface area contributed by atoms with Crippen LogP contribution in [-0.4, -0.2) is 17.4 Å². The van der Waals surface area contributed by atoms with Crippen LogP contribution in [0.15, 0.2) is 18.2 Å². The first-order valence-corrected chi connectivity index (χ1v) is 7.51. The number of hydrogen-bond donors (Lipinski definition) is 2. The van der Waals surface area contributed by atoms with Crippen LogP contribution < -0.4 is 11.1 Å². The maximum absolute atomic E-state index is 12.0. The van der Waals surface area contributed by atoms with Crippen molar-refractivity contribution in [2.75, 3.05) is 22.6 Å². The van der Waals surface area contributed by atoms with E-state index in [1.807, 2.05) is 17.8 Å². The summed E-state index contributed by atoms with van der Waals surface area (Å²) in [6, 6.07) is 6.99. The van der Waals surface area contributed by atoms with Gasteiger partial charge < -0.3 is 11.1 Å². The Balaban J connectivity index is 1.97. The molecule has 100 valence electrons. The Labute approximate surface area is 117 Å². The second-order valence-electron chi connectivity index (χ2n) is 4.72. The van der Waals surface area contributed by atoms with E-state index in [4.69, 9.17) is 11.0 Å². The van der Waals surface area contributed by atoms with Gasteiger partial charge in [-0.1, -0.05) is 0 Å². The molecule has 19 heavy (non-hydrogen) atoms. The van der Waals surface area contributed by atoms with Crippen LogP contribution in [0, 0.1) is 17.2 Å². The molecule has 0 spiro atoms. The molecular formula is C14H17N3OS. The summed E-state index contributed by atoms with van der Waals surface area (Å²) in [5, 5.41) is 11.8. The van der Waals surface area contributed by atoms with Crippen molar-refractivity contribution in [3.05, 3.63) is 23.8 Å². The van der Waals surface area contributed by atoms with Crippen molar-refractivity contribution in [1.29, 1.82) is 5.26 Å². The maximum Gasteiger partial charge on any atom is 0.224 e. The first-order valence-electron chi connectivity index (χ1n) is 6.36. The van der Waals surface area contributed by atoms with E-state index in [1.54, 1.807) is 18.2 Å². The van der Waals surface area contributed by atoms with E-state index >= 15 is 0 Å². The number of hydrogen-bond acceptors (Lipinski definition) is 4. The second-order valence-corrected chi connectivity index (χ2v) is 5.95. The minimum Gasteiger partial charge on any atom is -0.399 e. The van der Waals surface area contributed by atoms with Crippen molar-refractivity contribution in [1.82, 2.24) is 0 Å². The van der Waals surface area contributed by atoms with Gasteiger partial charge in [-0.15, -0.1) is 0 Å². The summed E-state index contributed by atoms with van der Waals surface area (Å²) >= 11 is 1.95. The second kappa shape index (κ2) is 6.48. The number of nitrogens with one attached hydrogen (secondary N) is 1. The van der Waals surface area contributed by atoms with Crippen LogP contribution in [0.3, 0.4) is 0 Å². The molecule has 0 radical (unpaired) electrons. The summed E-state index contributed by atoms with van der Waals surface area (Å²) in [7, 11) is 0. The molecule has 3 N–H and O–H groups in total. The molecule has 0 saturated carbocycles. The molecule has 0 bridgehead atoms. The van der Waals surface area contributed by atoms with Crippen LogP contribution in [0.25, 0.3) is 0 Å².